The molecule has 3 aliphatic rings. The highest BCUT2D eigenvalue weighted by molar-refractivity contribution is 5.88. The quantitative estimate of drug-likeness (QED) is 0.557. The Labute approximate surface area is 79.9 Å². The third-order valence-electron chi connectivity index (χ3n) is 5.46. The number of carbonyl (C=O) groups excluding carboxylic acids is 1. The van der Waals surface area contributed by atoms with Gasteiger partial charge in [-0.25, -0.2) is 0 Å². The number of carbonyl (C=O) groups is 1. The molecule has 1 nitrogen and oxygen atoms in total. The lowest BCUT2D eigenvalue weighted by Crippen LogP contribution is -2.35. The van der Waals surface area contributed by atoms with E-state index < -0.39 is 0 Å². The van der Waals surface area contributed by atoms with Crippen molar-refractivity contribution in [2.24, 2.45) is 16.7 Å². The molecule has 1 spiro atoms. The summed E-state index contributed by atoms with van der Waals surface area (Å²) in [5.41, 5.74) is 0.582. The second kappa shape index (κ2) is 2.18. The molecule has 0 amide bonds. The summed E-state index contributed by atoms with van der Waals surface area (Å²) in [6.45, 7) is 2.26. The fourth-order valence-electron chi connectivity index (χ4n) is 4.64. The molecule has 0 saturated heterocycles. The Balaban J connectivity index is 2.10. The van der Waals surface area contributed by atoms with Crippen LogP contribution in [-0.4, -0.2) is 5.78 Å². The van der Waals surface area contributed by atoms with Gasteiger partial charge < -0.3 is 0 Å². The van der Waals surface area contributed by atoms with Crippen LogP contribution in [0, 0.1) is 16.7 Å². The van der Waals surface area contributed by atoms with Crippen molar-refractivity contribution in [3.63, 3.8) is 0 Å². The minimum absolute atomic E-state index is 0.105. The van der Waals surface area contributed by atoms with Gasteiger partial charge in [0.05, 0.1) is 0 Å². The van der Waals surface area contributed by atoms with Crippen molar-refractivity contribution in [1.82, 2.24) is 0 Å². The molecule has 0 aliphatic heterocycles. The van der Waals surface area contributed by atoms with Crippen molar-refractivity contribution in [2.45, 2.75) is 51.9 Å². The van der Waals surface area contributed by atoms with Crippen molar-refractivity contribution in [2.75, 3.05) is 0 Å². The fraction of sp³-hybridized carbons (Fsp3) is 0.917. The summed E-state index contributed by atoms with van der Waals surface area (Å²) < 4.78 is 0. The molecule has 3 aliphatic carbocycles. The Morgan fingerprint density at radius 1 is 1.23 bits per heavy atom. The smallest absolute Gasteiger partial charge is 0.139 e. The van der Waals surface area contributed by atoms with Crippen LogP contribution < -0.4 is 0 Å². The van der Waals surface area contributed by atoms with Crippen molar-refractivity contribution in [3.8, 4) is 0 Å². The van der Waals surface area contributed by atoms with Gasteiger partial charge >= 0.3 is 0 Å². The van der Waals surface area contributed by atoms with E-state index in [4.69, 9.17) is 0 Å². The highest BCUT2D eigenvalue weighted by atomic mass is 16.1. The van der Waals surface area contributed by atoms with Crippen molar-refractivity contribution < 1.29 is 4.79 Å². The van der Waals surface area contributed by atoms with Crippen LogP contribution in [0.25, 0.3) is 0 Å². The number of hydrogen-bond donors (Lipinski definition) is 0. The van der Waals surface area contributed by atoms with E-state index in [0.29, 0.717) is 11.2 Å². The minimum atomic E-state index is 0.105. The zero-order chi connectivity index (χ0) is 9.10. The lowest BCUT2D eigenvalue weighted by atomic mass is 9.66. The molecule has 0 radical (unpaired) electrons. The topological polar surface area (TPSA) is 17.1 Å². The molecule has 1 heteroatoms. The van der Waals surface area contributed by atoms with Crippen LogP contribution in [0.4, 0.5) is 0 Å². The number of rotatable bonds is 0. The van der Waals surface area contributed by atoms with Crippen molar-refractivity contribution in [3.05, 3.63) is 0 Å². The molecule has 0 aromatic heterocycles. The maximum atomic E-state index is 11.9. The van der Waals surface area contributed by atoms with E-state index in [9.17, 15) is 4.79 Å². The minimum Gasteiger partial charge on any atom is -0.299 e. The van der Waals surface area contributed by atoms with Gasteiger partial charge in [0.1, 0.15) is 5.78 Å². The molecule has 13 heavy (non-hydrogen) atoms. The zero-order valence-corrected chi connectivity index (χ0v) is 8.44. The summed E-state index contributed by atoms with van der Waals surface area (Å²) in [7, 11) is 0. The molecule has 0 aromatic carbocycles. The van der Waals surface area contributed by atoms with Gasteiger partial charge in [-0.15, -0.1) is 0 Å². The van der Waals surface area contributed by atoms with E-state index in [0.717, 1.165) is 12.3 Å². The van der Waals surface area contributed by atoms with Crippen LogP contribution in [0.3, 0.4) is 0 Å². The van der Waals surface area contributed by atoms with E-state index in [2.05, 4.69) is 6.92 Å². The molecule has 3 rings (SSSR count). The molecular weight excluding hydrogens is 160 g/mol. The summed E-state index contributed by atoms with van der Waals surface area (Å²) in [6, 6.07) is 0. The Bertz CT molecular complexity index is 270. The van der Waals surface area contributed by atoms with E-state index in [1.165, 1.54) is 38.5 Å². The van der Waals surface area contributed by atoms with Crippen LogP contribution >= 0.6 is 0 Å². The second-order valence-electron chi connectivity index (χ2n) is 5.54. The van der Waals surface area contributed by atoms with Gasteiger partial charge in [-0.1, -0.05) is 13.3 Å². The summed E-state index contributed by atoms with van der Waals surface area (Å²) in [6.07, 6.45) is 8.76. The van der Waals surface area contributed by atoms with Gasteiger partial charge in [0.25, 0.3) is 0 Å². The predicted octanol–water partition coefficient (Wildman–Crippen LogP) is 2.94. The third kappa shape index (κ3) is 0.693. The van der Waals surface area contributed by atoms with Crippen LogP contribution in [0.15, 0.2) is 0 Å². The summed E-state index contributed by atoms with van der Waals surface area (Å²) in [5, 5.41) is 0. The number of Topliss-reactive ketones (excluding diaryl/α,β-unsaturated/α-hetero) is 1. The average Bonchev–Trinajstić information content (AvgIpc) is 2.68. The lowest BCUT2D eigenvalue weighted by Gasteiger charge is -2.36. The first-order valence-corrected chi connectivity index (χ1v) is 5.72. The Hall–Kier alpha value is -0.330. The Morgan fingerprint density at radius 2 is 2.08 bits per heavy atom. The second-order valence-corrected chi connectivity index (χ2v) is 5.54. The SMILES string of the molecule is CC12CCC3CCCC31CCC2=O. The van der Waals surface area contributed by atoms with E-state index in [1.54, 1.807) is 0 Å². The van der Waals surface area contributed by atoms with Gasteiger partial charge in [0, 0.05) is 11.8 Å². The Kier molecular flexibility index (Phi) is 1.35. The first-order valence-electron chi connectivity index (χ1n) is 5.72. The van der Waals surface area contributed by atoms with E-state index in [1.807, 2.05) is 0 Å². The first-order chi connectivity index (χ1) is 6.19. The molecular formula is C12H18O. The van der Waals surface area contributed by atoms with E-state index in [-0.39, 0.29) is 5.41 Å². The summed E-state index contributed by atoms with van der Waals surface area (Å²) in [5.74, 6) is 1.49. The van der Waals surface area contributed by atoms with E-state index >= 15 is 0 Å². The number of ketones is 1. The highest BCUT2D eigenvalue weighted by Crippen LogP contribution is 2.69. The normalized spacial score (nSPS) is 53.9. The molecule has 3 fully saturated rings. The molecule has 0 N–H and O–H groups in total. The monoisotopic (exact) mass is 178 g/mol. The summed E-state index contributed by atoms with van der Waals surface area (Å²) in [4.78, 5) is 11.9. The molecule has 3 unspecified atom stereocenters. The summed E-state index contributed by atoms with van der Waals surface area (Å²) >= 11 is 0. The third-order valence-corrected chi connectivity index (χ3v) is 5.46. The molecule has 3 atom stereocenters. The maximum Gasteiger partial charge on any atom is 0.139 e. The molecule has 72 valence electrons. The average molecular weight is 178 g/mol. The van der Waals surface area contributed by atoms with Crippen LogP contribution in [0.5, 0.6) is 0 Å². The van der Waals surface area contributed by atoms with Crippen LogP contribution in [0.1, 0.15) is 51.9 Å². The van der Waals surface area contributed by atoms with Crippen molar-refractivity contribution >= 4 is 5.78 Å². The maximum absolute atomic E-state index is 11.9. The highest BCUT2D eigenvalue weighted by Gasteiger charge is 2.64. The fourth-order valence-corrected chi connectivity index (χ4v) is 4.64. The first kappa shape index (κ1) is 8.02. The van der Waals surface area contributed by atoms with Gasteiger partial charge in [-0.2, -0.15) is 0 Å². The largest absolute Gasteiger partial charge is 0.299 e. The number of hydrogen-bond acceptors (Lipinski definition) is 1. The molecule has 3 saturated carbocycles. The van der Waals surface area contributed by atoms with Crippen molar-refractivity contribution in [1.29, 1.82) is 0 Å². The molecule has 0 heterocycles. The van der Waals surface area contributed by atoms with Gasteiger partial charge in [0.2, 0.25) is 0 Å². The van der Waals surface area contributed by atoms with Gasteiger partial charge in [-0.3, -0.25) is 4.79 Å². The zero-order valence-electron chi connectivity index (χ0n) is 8.44. The lowest BCUT2D eigenvalue weighted by molar-refractivity contribution is -0.127. The van der Waals surface area contributed by atoms with Crippen LogP contribution in [-0.2, 0) is 4.79 Å². The Morgan fingerprint density at radius 3 is 2.92 bits per heavy atom. The van der Waals surface area contributed by atoms with Crippen LogP contribution in [0.2, 0.25) is 0 Å². The molecule has 0 bridgehead atoms. The van der Waals surface area contributed by atoms with Gasteiger partial charge in [-0.05, 0) is 43.4 Å². The predicted molar refractivity (Wildman–Crippen MR) is 51.4 cm³/mol. The van der Waals surface area contributed by atoms with Gasteiger partial charge in [0.15, 0.2) is 0 Å². The molecule has 0 aromatic rings. The standard InChI is InChI=1S/C12H18O/c1-11-7-4-9-3-2-6-12(9,11)8-5-10(11)13/h9H,2-8H2,1H3.